The second kappa shape index (κ2) is 13.8. The molecule has 0 spiro atoms. The molecule has 0 saturated carbocycles. The van der Waals surface area contributed by atoms with Crippen molar-refractivity contribution in [3.8, 4) is 5.75 Å². The van der Waals surface area contributed by atoms with Gasteiger partial charge < -0.3 is 19.5 Å². The summed E-state index contributed by atoms with van der Waals surface area (Å²) in [5.74, 6) is 0.527. The summed E-state index contributed by atoms with van der Waals surface area (Å²) in [6.45, 7) is 7.02. The van der Waals surface area contributed by atoms with Gasteiger partial charge in [0.1, 0.15) is 12.3 Å². The number of carbonyl (C=O) groups is 2. The second-order valence-corrected chi connectivity index (χ2v) is 10.6. The highest BCUT2D eigenvalue weighted by Gasteiger charge is 2.25. The number of amides is 2. The highest BCUT2D eigenvalue weighted by atomic mass is 16.5. The summed E-state index contributed by atoms with van der Waals surface area (Å²) in [4.78, 5) is 34.3. The van der Waals surface area contributed by atoms with Gasteiger partial charge in [0, 0.05) is 47.4 Å². The Labute approximate surface area is 238 Å². The van der Waals surface area contributed by atoms with E-state index in [1.54, 1.807) is 12.0 Å². The monoisotopic (exact) mass is 539 g/mol. The fourth-order valence-corrected chi connectivity index (χ4v) is 5.02. The Morgan fingerprint density at radius 2 is 1.62 bits per heavy atom. The summed E-state index contributed by atoms with van der Waals surface area (Å²) in [6.07, 6.45) is 5.98. The van der Waals surface area contributed by atoms with Crippen LogP contribution in [0.4, 0.5) is 0 Å². The van der Waals surface area contributed by atoms with E-state index in [2.05, 4.69) is 24.0 Å². The van der Waals surface area contributed by atoms with E-state index in [1.165, 1.54) is 5.56 Å². The molecule has 0 unspecified atom stereocenters. The number of fused-ring (bicyclic) bond motifs is 1. The van der Waals surface area contributed by atoms with Crippen molar-refractivity contribution in [2.24, 2.45) is 0 Å². The number of unbranched alkanes of at least 4 members (excludes halogenated alkanes) is 1. The van der Waals surface area contributed by atoms with E-state index in [-0.39, 0.29) is 24.4 Å². The predicted octanol–water partition coefficient (Wildman–Crippen LogP) is 6.64. The summed E-state index contributed by atoms with van der Waals surface area (Å²) in [7, 11) is 1.64. The maximum absolute atomic E-state index is 13.9. The lowest BCUT2D eigenvalue weighted by Gasteiger charge is -2.30. The molecule has 210 valence electrons. The Bertz CT molecular complexity index is 1410. The minimum absolute atomic E-state index is 0.0110. The molecule has 0 radical (unpaired) electrons. The number of ether oxygens (including phenoxy) is 1. The molecule has 0 fully saturated rings. The van der Waals surface area contributed by atoms with Crippen molar-refractivity contribution in [2.75, 3.05) is 20.2 Å². The molecule has 4 aromatic rings. The highest BCUT2D eigenvalue weighted by molar-refractivity contribution is 5.96. The third kappa shape index (κ3) is 7.12. The zero-order valence-electron chi connectivity index (χ0n) is 24.2. The highest BCUT2D eigenvalue weighted by Crippen LogP contribution is 2.22. The van der Waals surface area contributed by atoms with E-state index in [9.17, 15) is 9.59 Å². The van der Waals surface area contributed by atoms with Crippen LogP contribution in [0.5, 0.6) is 5.75 Å². The molecule has 40 heavy (non-hydrogen) atoms. The second-order valence-electron chi connectivity index (χ2n) is 10.6. The lowest BCUT2D eigenvalue weighted by Crippen LogP contribution is -2.46. The Balaban J connectivity index is 1.54. The molecule has 1 heterocycles. The number of aryl methyl sites for hydroxylation is 1. The van der Waals surface area contributed by atoms with E-state index in [0.717, 1.165) is 47.0 Å². The van der Waals surface area contributed by atoms with Crippen LogP contribution in [0.2, 0.25) is 0 Å². The normalized spacial score (nSPS) is 11.1. The standard InChI is InChI=1S/C34H41N3O3/c1-5-6-11-26-16-18-27(19-17-26)34(39)37(25(2)3)24-33(38)36(23-29-12-7-10-15-32(29)40-4)21-20-28-22-35-31-14-9-8-13-30(28)31/h7-10,12-19,22,25,35H,5-6,11,20-21,23-24H2,1-4H3. The zero-order valence-corrected chi connectivity index (χ0v) is 24.2. The number of para-hydroxylation sites is 2. The van der Waals surface area contributed by atoms with Crippen LogP contribution >= 0.6 is 0 Å². The molecule has 0 bridgehead atoms. The Kier molecular flexibility index (Phi) is 10.0. The van der Waals surface area contributed by atoms with Crippen molar-refractivity contribution in [2.45, 2.75) is 59.0 Å². The van der Waals surface area contributed by atoms with Crippen molar-refractivity contribution >= 4 is 22.7 Å². The van der Waals surface area contributed by atoms with Gasteiger partial charge in [-0.1, -0.05) is 61.9 Å². The molecule has 0 atom stereocenters. The number of nitrogens with zero attached hydrogens (tertiary/aromatic N) is 2. The fraction of sp³-hybridized carbons (Fsp3) is 0.353. The summed E-state index contributed by atoms with van der Waals surface area (Å²) in [5.41, 5.74) is 5.01. The molecule has 0 aliphatic rings. The Morgan fingerprint density at radius 3 is 2.35 bits per heavy atom. The molecule has 3 aromatic carbocycles. The van der Waals surface area contributed by atoms with E-state index in [0.29, 0.717) is 25.1 Å². The maximum Gasteiger partial charge on any atom is 0.254 e. The molecule has 6 heteroatoms. The van der Waals surface area contributed by atoms with E-state index < -0.39 is 0 Å². The smallest absolute Gasteiger partial charge is 0.254 e. The number of H-pyrrole nitrogens is 1. The van der Waals surface area contributed by atoms with Crippen molar-refractivity contribution in [3.63, 3.8) is 0 Å². The SMILES string of the molecule is CCCCc1ccc(C(=O)N(CC(=O)N(CCc2c[nH]c3ccccc23)Cc2ccccc2OC)C(C)C)cc1. The van der Waals surface area contributed by atoms with Crippen LogP contribution in [0, 0.1) is 0 Å². The number of nitrogens with one attached hydrogen (secondary N) is 1. The molecule has 0 aliphatic heterocycles. The van der Waals surface area contributed by atoms with Gasteiger partial charge in [-0.15, -0.1) is 0 Å². The number of hydrogen-bond acceptors (Lipinski definition) is 3. The first kappa shape index (κ1) is 28.9. The molecule has 6 nitrogen and oxygen atoms in total. The van der Waals surface area contributed by atoms with Crippen molar-refractivity contribution < 1.29 is 14.3 Å². The first-order valence-corrected chi connectivity index (χ1v) is 14.3. The summed E-state index contributed by atoms with van der Waals surface area (Å²) in [6, 6.07) is 23.7. The van der Waals surface area contributed by atoms with Crippen LogP contribution in [0.1, 0.15) is 60.7 Å². The fourth-order valence-electron chi connectivity index (χ4n) is 5.02. The van der Waals surface area contributed by atoms with Gasteiger partial charge in [0.2, 0.25) is 5.91 Å². The van der Waals surface area contributed by atoms with Crippen LogP contribution < -0.4 is 4.74 Å². The van der Waals surface area contributed by atoms with Crippen LogP contribution in [0.15, 0.2) is 79.0 Å². The first-order valence-electron chi connectivity index (χ1n) is 14.3. The van der Waals surface area contributed by atoms with Gasteiger partial charge >= 0.3 is 0 Å². The van der Waals surface area contributed by atoms with Gasteiger partial charge in [-0.05, 0) is 68.5 Å². The largest absolute Gasteiger partial charge is 0.496 e. The quantitative estimate of drug-likeness (QED) is 0.207. The van der Waals surface area contributed by atoms with Crippen LogP contribution in [0.25, 0.3) is 10.9 Å². The molecular weight excluding hydrogens is 498 g/mol. The number of rotatable bonds is 13. The van der Waals surface area contributed by atoms with Crippen molar-refractivity contribution in [1.82, 2.24) is 14.8 Å². The summed E-state index contributed by atoms with van der Waals surface area (Å²) < 4.78 is 5.58. The number of hydrogen-bond donors (Lipinski definition) is 1. The summed E-state index contributed by atoms with van der Waals surface area (Å²) in [5, 5.41) is 1.16. The van der Waals surface area contributed by atoms with E-state index in [1.807, 2.05) is 85.6 Å². The van der Waals surface area contributed by atoms with Gasteiger partial charge in [-0.25, -0.2) is 0 Å². The molecule has 1 aromatic heterocycles. The molecule has 0 saturated heterocycles. The van der Waals surface area contributed by atoms with Gasteiger partial charge in [0.15, 0.2) is 0 Å². The maximum atomic E-state index is 13.9. The molecule has 4 rings (SSSR count). The average molecular weight is 540 g/mol. The van der Waals surface area contributed by atoms with Gasteiger partial charge in [0.05, 0.1) is 7.11 Å². The molecule has 1 N–H and O–H groups in total. The topological polar surface area (TPSA) is 65.6 Å². The molecule has 0 aliphatic carbocycles. The molecule has 2 amide bonds. The number of carbonyl (C=O) groups excluding carboxylic acids is 2. The van der Waals surface area contributed by atoms with Crippen molar-refractivity contribution in [1.29, 1.82) is 0 Å². The lowest BCUT2D eigenvalue weighted by atomic mass is 10.1. The summed E-state index contributed by atoms with van der Waals surface area (Å²) >= 11 is 0. The van der Waals surface area contributed by atoms with Crippen LogP contribution in [-0.4, -0.2) is 52.8 Å². The van der Waals surface area contributed by atoms with Crippen molar-refractivity contribution in [3.05, 3.63) is 101 Å². The predicted molar refractivity (Wildman–Crippen MR) is 162 cm³/mol. The number of aromatic nitrogens is 1. The van der Waals surface area contributed by atoms with Gasteiger partial charge in [0.25, 0.3) is 5.91 Å². The third-order valence-corrected chi connectivity index (χ3v) is 7.44. The van der Waals surface area contributed by atoms with E-state index >= 15 is 0 Å². The minimum atomic E-state index is -0.127. The average Bonchev–Trinajstić information content (AvgIpc) is 3.39. The molecular formula is C34H41N3O3. The number of aromatic amines is 1. The van der Waals surface area contributed by atoms with Gasteiger partial charge in [-0.3, -0.25) is 9.59 Å². The Hall–Kier alpha value is -4.06. The zero-order chi connectivity index (χ0) is 28.5. The third-order valence-electron chi connectivity index (χ3n) is 7.44. The van der Waals surface area contributed by atoms with Crippen LogP contribution in [-0.2, 0) is 24.2 Å². The van der Waals surface area contributed by atoms with Gasteiger partial charge in [-0.2, -0.15) is 0 Å². The minimum Gasteiger partial charge on any atom is -0.496 e. The Morgan fingerprint density at radius 1 is 0.900 bits per heavy atom. The number of methoxy groups -OCH3 is 1. The first-order chi connectivity index (χ1) is 19.4. The lowest BCUT2D eigenvalue weighted by molar-refractivity contribution is -0.132. The van der Waals surface area contributed by atoms with Crippen LogP contribution in [0.3, 0.4) is 0 Å². The van der Waals surface area contributed by atoms with E-state index in [4.69, 9.17) is 4.74 Å². The number of benzene rings is 3.